The van der Waals surface area contributed by atoms with Crippen LogP contribution in [0, 0.1) is 0 Å². The van der Waals surface area contributed by atoms with Gasteiger partial charge in [-0.1, -0.05) is 17.3 Å². The van der Waals surface area contributed by atoms with Gasteiger partial charge >= 0.3 is 0 Å². The summed E-state index contributed by atoms with van der Waals surface area (Å²) in [5.74, 6) is 0.918. The number of aromatic nitrogens is 3. The number of nitrogens with one attached hydrogen (secondary N) is 1. The molecule has 0 saturated carbocycles. The third-order valence-corrected chi connectivity index (χ3v) is 5.09. The minimum Gasteiger partial charge on any atom is -0.361 e. The molecule has 1 amide bonds. The molecule has 1 N–H and O–H groups in total. The Morgan fingerprint density at radius 2 is 2.04 bits per heavy atom. The first-order chi connectivity index (χ1) is 13.1. The molecule has 140 valence electrons. The molecule has 7 nitrogen and oxygen atoms in total. The number of hydrogen-bond acceptors (Lipinski definition) is 5. The van der Waals surface area contributed by atoms with Crippen LogP contribution < -0.4 is 5.56 Å². The molecule has 0 aliphatic heterocycles. The summed E-state index contributed by atoms with van der Waals surface area (Å²) in [6.07, 6.45) is 4.69. The van der Waals surface area contributed by atoms with Crippen LogP contribution in [0.1, 0.15) is 42.0 Å². The summed E-state index contributed by atoms with van der Waals surface area (Å²) in [5.41, 5.74) is 3.58. The van der Waals surface area contributed by atoms with Crippen LogP contribution in [0.15, 0.2) is 33.6 Å². The van der Waals surface area contributed by atoms with E-state index in [9.17, 15) is 9.59 Å². The highest BCUT2D eigenvalue weighted by Gasteiger charge is 2.21. The summed E-state index contributed by atoms with van der Waals surface area (Å²) in [5, 5.41) is 4.15. The molecule has 1 aliphatic rings. The molecule has 2 aromatic heterocycles. The van der Waals surface area contributed by atoms with Gasteiger partial charge in [0.1, 0.15) is 17.1 Å². The van der Waals surface area contributed by atoms with E-state index in [1.165, 1.54) is 0 Å². The molecule has 7 heteroatoms. The first-order valence-electron chi connectivity index (χ1n) is 9.30. The highest BCUT2D eigenvalue weighted by molar-refractivity contribution is 5.76. The lowest BCUT2D eigenvalue weighted by Crippen LogP contribution is -2.28. The van der Waals surface area contributed by atoms with Crippen molar-refractivity contribution in [3.05, 3.63) is 57.3 Å². The Hall–Kier alpha value is -2.96. The van der Waals surface area contributed by atoms with Gasteiger partial charge in [-0.2, -0.15) is 0 Å². The molecule has 0 fully saturated rings. The monoisotopic (exact) mass is 366 g/mol. The van der Waals surface area contributed by atoms with Crippen LogP contribution in [0.4, 0.5) is 0 Å². The predicted octanol–water partition coefficient (Wildman–Crippen LogP) is 2.38. The fourth-order valence-corrected chi connectivity index (χ4v) is 3.54. The maximum Gasteiger partial charge on any atom is 0.270 e. The summed E-state index contributed by atoms with van der Waals surface area (Å²) < 4.78 is 5.41. The van der Waals surface area contributed by atoms with Crippen LogP contribution in [-0.2, 0) is 30.6 Å². The van der Waals surface area contributed by atoms with Crippen molar-refractivity contribution in [3.63, 3.8) is 0 Å². The number of carbonyl (C=O) groups is 1. The van der Waals surface area contributed by atoms with E-state index in [0.717, 1.165) is 48.2 Å². The van der Waals surface area contributed by atoms with Crippen LogP contribution in [-0.4, -0.2) is 33.0 Å². The Morgan fingerprint density at radius 3 is 2.93 bits per heavy atom. The predicted molar refractivity (Wildman–Crippen MR) is 100 cm³/mol. The molecule has 1 aromatic carbocycles. The number of aryl methyl sites for hydroxylation is 2. The molecule has 0 saturated heterocycles. The number of carbonyl (C=O) groups excluding carboxylic acids is 1. The maximum atomic E-state index is 12.5. The van der Waals surface area contributed by atoms with Crippen LogP contribution in [0.3, 0.4) is 0 Å². The lowest BCUT2D eigenvalue weighted by Gasteiger charge is -2.17. The fraction of sp³-hybridized carbons (Fsp3) is 0.400. The van der Waals surface area contributed by atoms with E-state index in [1.54, 1.807) is 11.9 Å². The van der Waals surface area contributed by atoms with Gasteiger partial charge in [-0.05, 0) is 31.4 Å². The van der Waals surface area contributed by atoms with Gasteiger partial charge < -0.3 is 14.4 Å². The second-order valence-electron chi connectivity index (χ2n) is 7.02. The third kappa shape index (κ3) is 3.63. The van der Waals surface area contributed by atoms with Gasteiger partial charge in [0.15, 0.2) is 0 Å². The number of hydrogen-bond donors (Lipinski definition) is 1. The first kappa shape index (κ1) is 17.5. The molecule has 27 heavy (non-hydrogen) atoms. The molecular weight excluding hydrogens is 344 g/mol. The molecular formula is C20H22N4O3. The summed E-state index contributed by atoms with van der Waals surface area (Å²) in [7, 11) is 1.75. The summed E-state index contributed by atoms with van der Waals surface area (Å²) in [6, 6.07) is 7.37. The molecule has 0 atom stereocenters. The number of aromatic amines is 1. The Labute approximate surface area is 156 Å². The van der Waals surface area contributed by atoms with E-state index in [1.807, 2.05) is 24.3 Å². The lowest BCUT2D eigenvalue weighted by atomic mass is 9.96. The normalized spacial score (nSPS) is 13.5. The standard InChI is InChI=1S/C20H22N4O3/c1-24(12-17-13-6-2-5-9-18(13)27-23-17)19(25)11-10-16-20(26)22-15-8-4-3-7-14(15)21-16/h3-4,7-8H,2,5-6,9-12H2,1H3,(H,22,26). The van der Waals surface area contributed by atoms with Crippen LogP contribution in [0.5, 0.6) is 0 Å². The number of benzene rings is 1. The van der Waals surface area contributed by atoms with Crippen molar-refractivity contribution < 1.29 is 9.32 Å². The van der Waals surface area contributed by atoms with E-state index in [4.69, 9.17) is 4.52 Å². The van der Waals surface area contributed by atoms with Gasteiger partial charge in [0.05, 0.1) is 17.6 Å². The van der Waals surface area contributed by atoms with Crippen molar-refractivity contribution in [2.75, 3.05) is 7.05 Å². The molecule has 4 rings (SSSR count). The van der Waals surface area contributed by atoms with Crippen molar-refractivity contribution in [3.8, 4) is 0 Å². The molecule has 0 unspecified atom stereocenters. The van der Waals surface area contributed by atoms with Crippen molar-refractivity contribution in [2.24, 2.45) is 0 Å². The minimum atomic E-state index is -0.241. The van der Waals surface area contributed by atoms with Crippen molar-refractivity contribution in [2.45, 2.75) is 45.1 Å². The first-order valence-corrected chi connectivity index (χ1v) is 9.30. The van der Waals surface area contributed by atoms with E-state index < -0.39 is 0 Å². The highest BCUT2D eigenvalue weighted by Crippen LogP contribution is 2.25. The lowest BCUT2D eigenvalue weighted by molar-refractivity contribution is -0.130. The largest absolute Gasteiger partial charge is 0.361 e. The van der Waals surface area contributed by atoms with E-state index in [-0.39, 0.29) is 17.9 Å². The average molecular weight is 366 g/mol. The number of amides is 1. The van der Waals surface area contributed by atoms with Crippen molar-refractivity contribution in [1.82, 2.24) is 20.0 Å². The smallest absolute Gasteiger partial charge is 0.270 e. The van der Waals surface area contributed by atoms with Gasteiger partial charge in [0.25, 0.3) is 5.56 Å². The van der Waals surface area contributed by atoms with Gasteiger partial charge in [-0.15, -0.1) is 0 Å². The van der Waals surface area contributed by atoms with Crippen molar-refractivity contribution >= 4 is 16.9 Å². The number of rotatable bonds is 5. The molecule has 3 aromatic rings. The van der Waals surface area contributed by atoms with Gasteiger partial charge in [-0.25, -0.2) is 4.98 Å². The Morgan fingerprint density at radius 1 is 1.22 bits per heavy atom. The highest BCUT2D eigenvalue weighted by atomic mass is 16.5. The van der Waals surface area contributed by atoms with Gasteiger partial charge in [0.2, 0.25) is 5.91 Å². The third-order valence-electron chi connectivity index (χ3n) is 5.09. The van der Waals surface area contributed by atoms with Crippen LogP contribution in [0.2, 0.25) is 0 Å². The topological polar surface area (TPSA) is 92.1 Å². The molecule has 2 heterocycles. The summed E-state index contributed by atoms with van der Waals surface area (Å²) >= 11 is 0. The molecule has 1 aliphatic carbocycles. The number of nitrogens with zero attached hydrogens (tertiary/aromatic N) is 3. The Balaban J connectivity index is 1.41. The number of H-pyrrole nitrogens is 1. The second-order valence-corrected chi connectivity index (χ2v) is 7.02. The van der Waals surface area contributed by atoms with Crippen LogP contribution >= 0.6 is 0 Å². The van der Waals surface area contributed by atoms with E-state index in [2.05, 4.69) is 15.1 Å². The summed E-state index contributed by atoms with van der Waals surface area (Å²) in [6.45, 7) is 0.430. The molecule has 0 radical (unpaired) electrons. The van der Waals surface area contributed by atoms with Gasteiger partial charge in [-0.3, -0.25) is 9.59 Å². The zero-order valence-corrected chi connectivity index (χ0v) is 15.3. The number of para-hydroxylation sites is 2. The average Bonchev–Trinajstić information content (AvgIpc) is 3.09. The SMILES string of the molecule is CN(Cc1noc2c1CCCC2)C(=O)CCc1nc2ccccc2[nH]c1=O. The van der Waals surface area contributed by atoms with E-state index in [0.29, 0.717) is 24.2 Å². The van der Waals surface area contributed by atoms with Gasteiger partial charge in [0, 0.05) is 31.9 Å². The molecule has 0 bridgehead atoms. The van der Waals surface area contributed by atoms with Crippen LogP contribution in [0.25, 0.3) is 11.0 Å². The van der Waals surface area contributed by atoms with Crippen molar-refractivity contribution in [1.29, 1.82) is 0 Å². The second kappa shape index (κ2) is 7.34. The quantitative estimate of drug-likeness (QED) is 0.748. The Bertz CT molecular complexity index is 1040. The maximum absolute atomic E-state index is 12.5. The van der Waals surface area contributed by atoms with E-state index >= 15 is 0 Å². The zero-order valence-electron chi connectivity index (χ0n) is 15.3. The summed E-state index contributed by atoms with van der Waals surface area (Å²) in [4.78, 5) is 33.5. The Kier molecular flexibility index (Phi) is 4.75. The minimum absolute atomic E-state index is 0.0445. The fourth-order valence-electron chi connectivity index (χ4n) is 3.54. The zero-order chi connectivity index (χ0) is 18.8. The number of fused-ring (bicyclic) bond motifs is 2. The molecule has 0 spiro atoms.